The molecule has 0 amide bonds. The summed E-state index contributed by atoms with van der Waals surface area (Å²) in [7, 11) is -3.74. The predicted molar refractivity (Wildman–Crippen MR) is 82.1 cm³/mol. The van der Waals surface area contributed by atoms with Crippen LogP contribution in [0.2, 0.25) is 0 Å². The summed E-state index contributed by atoms with van der Waals surface area (Å²) in [4.78, 5) is 0.892. The Balaban J connectivity index is 2.23. The summed E-state index contributed by atoms with van der Waals surface area (Å²) in [6, 6.07) is 7.53. The first kappa shape index (κ1) is 16.1. The van der Waals surface area contributed by atoms with Crippen LogP contribution in [0.3, 0.4) is 0 Å². The van der Waals surface area contributed by atoms with Gasteiger partial charge in [-0.05, 0) is 35.7 Å². The van der Waals surface area contributed by atoms with Gasteiger partial charge in [-0.15, -0.1) is 11.3 Å². The van der Waals surface area contributed by atoms with Crippen molar-refractivity contribution < 1.29 is 12.8 Å². The minimum atomic E-state index is -3.74. The molecule has 4 nitrogen and oxygen atoms in total. The second-order valence-electron chi connectivity index (χ2n) is 4.44. The molecule has 1 heterocycles. The molecular weight excluding hydrogens is 311 g/mol. The maximum Gasteiger partial charge on any atom is 0.241 e. The number of thiophene rings is 1. The predicted octanol–water partition coefficient (Wildman–Crippen LogP) is 2.48. The van der Waals surface area contributed by atoms with Gasteiger partial charge in [-0.3, -0.25) is 0 Å². The van der Waals surface area contributed by atoms with Gasteiger partial charge in [-0.1, -0.05) is 19.1 Å². The lowest BCUT2D eigenvalue weighted by Crippen LogP contribution is -2.25. The third-order valence-electron chi connectivity index (χ3n) is 2.90. The van der Waals surface area contributed by atoms with Crippen LogP contribution in [0, 0.1) is 5.82 Å². The quantitative estimate of drug-likeness (QED) is 0.821. The van der Waals surface area contributed by atoms with Crippen LogP contribution in [-0.4, -0.2) is 15.0 Å². The third-order valence-corrected chi connectivity index (χ3v) is 5.26. The molecular formula is C14H17FN2O2S2. The van der Waals surface area contributed by atoms with Gasteiger partial charge >= 0.3 is 0 Å². The third kappa shape index (κ3) is 4.34. The number of halogens is 1. The van der Waals surface area contributed by atoms with Gasteiger partial charge in [0.15, 0.2) is 0 Å². The van der Waals surface area contributed by atoms with E-state index in [-0.39, 0.29) is 11.4 Å². The standard InChI is InChI=1S/C14H17FN2O2S2/c1-2-16-9-11-5-6-12(15)8-14(11)21(18,19)17-10-13-4-3-7-20-13/h3-8,16-17H,2,9-10H2,1H3. The topological polar surface area (TPSA) is 58.2 Å². The van der Waals surface area contributed by atoms with Crippen molar-refractivity contribution in [3.8, 4) is 0 Å². The van der Waals surface area contributed by atoms with Crippen molar-refractivity contribution in [3.05, 3.63) is 52.0 Å². The Labute approximate surface area is 128 Å². The molecule has 0 aliphatic heterocycles. The summed E-state index contributed by atoms with van der Waals surface area (Å²) in [6.45, 7) is 3.22. The molecule has 1 aromatic heterocycles. The summed E-state index contributed by atoms with van der Waals surface area (Å²) in [5, 5.41) is 4.93. The number of rotatable bonds is 7. The van der Waals surface area contributed by atoms with Crippen molar-refractivity contribution in [3.63, 3.8) is 0 Å². The van der Waals surface area contributed by atoms with Gasteiger partial charge in [0.25, 0.3) is 0 Å². The number of hydrogen-bond acceptors (Lipinski definition) is 4. The molecule has 0 bridgehead atoms. The molecule has 0 saturated heterocycles. The highest BCUT2D eigenvalue weighted by atomic mass is 32.2. The molecule has 2 rings (SSSR count). The number of hydrogen-bond donors (Lipinski definition) is 2. The molecule has 7 heteroatoms. The van der Waals surface area contributed by atoms with Crippen molar-refractivity contribution in [2.45, 2.75) is 24.9 Å². The molecule has 0 saturated carbocycles. The van der Waals surface area contributed by atoms with E-state index in [9.17, 15) is 12.8 Å². The van der Waals surface area contributed by atoms with E-state index in [4.69, 9.17) is 0 Å². The van der Waals surface area contributed by atoms with E-state index in [0.717, 1.165) is 10.9 Å². The highest BCUT2D eigenvalue weighted by molar-refractivity contribution is 7.89. The zero-order valence-corrected chi connectivity index (χ0v) is 13.2. The number of sulfonamides is 1. The zero-order valence-electron chi connectivity index (χ0n) is 11.6. The Hall–Kier alpha value is -1.28. The molecule has 0 atom stereocenters. The highest BCUT2D eigenvalue weighted by Gasteiger charge is 2.19. The summed E-state index contributed by atoms with van der Waals surface area (Å²) in [6.07, 6.45) is 0. The van der Waals surface area contributed by atoms with E-state index >= 15 is 0 Å². The minimum Gasteiger partial charge on any atom is -0.313 e. The van der Waals surface area contributed by atoms with Gasteiger partial charge in [0, 0.05) is 18.0 Å². The van der Waals surface area contributed by atoms with Crippen LogP contribution >= 0.6 is 11.3 Å². The van der Waals surface area contributed by atoms with E-state index in [1.165, 1.54) is 23.5 Å². The Morgan fingerprint density at radius 2 is 2.05 bits per heavy atom. The molecule has 114 valence electrons. The van der Waals surface area contributed by atoms with Gasteiger partial charge in [0.2, 0.25) is 10.0 Å². The maximum atomic E-state index is 13.4. The van der Waals surface area contributed by atoms with Gasteiger partial charge in [0.1, 0.15) is 5.82 Å². The van der Waals surface area contributed by atoms with Gasteiger partial charge in [0.05, 0.1) is 4.90 Å². The van der Waals surface area contributed by atoms with Gasteiger partial charge in [-0.2, -0.15) is 0 Å². The Morgan fingerprint density at radius 3 is 2.71 bits per heavy atom. The average Bonchev–Trinajstić information content (AvgIpc) is 2.97. The average molecular weight is 328 g/mol. The normalized spacial score (nSPS) is 11.7. The summed E-state index contributed by atoms with van der Waals surface area (Å²) in [5.41, 5.74) is 0.553. The Bertz CT molecular complexity index is 685. The van der Waals surface area contributed by atoms with E-state index in [1.807, 2.05) is 24.4 Å². The van der Waals surface area contributed by atoms with Crippen LogP contribution in [0.15, 0.2) is 40.6 Å². The molecule has 2 aromatic rings. The zero-order chi connectivity index (χ0) is 15.3. The SMILES string of the molecule is CCNCc1ccc(F)cc1S(=O)(=O)NCc1cccs1. The molecule has 2 N–H and O–H groups in total. The van der Waals surface area contributed by atoms with E-state index in [1.54, 1.807) is 0 Å². The van der Waals surface area contributed by atoms with Crippen molar-refractivity contribution in [1.29, 1.82) is 0 Å². The lowest BCUT2D eigenvalue weighted by molar-refractivity contribution is 0.574. The van der Waals surface area contributed by atoms with Crippen molar-refractivity contribution in [2.75, 3.05) is 6.54 Å². The Kier molecular flexibility index (Phi) is 5.46. The van der Waals surface area contributed by atoms with E-state index in [0.29, 0.717) is 18.7 Å². The van der Waals surface area contributed by atoms with Gasteiger partial charge in [-0.25, -0.2) is 17.5 Å². The van der Waals surface area contributed by atoms with Crippen LogP contribution in [0.5, 0.6) is 0 Å². The summed E-state index contributed by atoms with van der Waals surface area (Å²) in [5.74, 6) is -0.563. The first-order valence-corrected chi connectivity index (χ1v) is 8.90. The molecule has 0 fully saturated rings. The Morgan fingerprint density at radius 1 is 1.24 bits per heavy atom. The molecule has 0 aliphatic rings. The largest absolute Gasteiger partial charge is 0.313 e. The summed E-state index contributed by atoms with van der Waals surface area (Å²) < 4.78 is 40.6. The van der Waals surface area contributed by atoms with Crippen LogP contribution < -0.4 is 10.0 Å². The first-order chi connectivity index (χ1) is 10.0. The molecule has 21 heavy (non-hydrogen) atoms. The van der Waals surface area contributed by atoms with Crippen LogP contribution in [-0.2, 0) is 23.1 Å². The maximum absolute atomic E-state index is 13.4. The molecule has 0 spiro atoms. The summed E-state index contributed by atoms with van der Waals surface area (Å²) >= 11 is 1.47. The fraction of sp³-hybridized carbons (Fsp3) is 0.286. The smallest absolute Gasteiger partial charge is 0.241 e. The second kappa shape index (κ2) is 7.13. The van der Waals surface area contributed by atoms with E-state index < -0.39 is 15.8 Å². The molecule has 0 unspecified atom stereocenters. The van der Waals surface area contributed by atoms with Gasteiger partial charge < -0.3 is 5.32 Å². The van der Waals surface area contributed by atoms with E-state index in [2.05, 4.69) is 10.0 Å². The molecule has 0 aliphatic carbocycles. The van der Waals surface area contributed by atoms with Crippen LogP contribution in [0.4, 0.5) is 4.39 Å². The van der Waals surface area contributed by atoms with Crippen molar-refractivity contribution in [1.82, 2.24) is 10.0 Å². The monoisotopic (exact) mass is 328 g/mol. The fourth-order valence-corrected chi connectivity index (χ4v) is 3.83. The fourth-order valence-electron chi connectivity index (χ4n) is 1.84. The second-order valence-corrected chi connectivity index (χ2v) is 7.20. The molecule has 0 radical (unpaired) electrons. The first-order valence-electron chi connectivity index (χ1n) is 6.54. The van der Waals surface area contributed by atoms with Crippen molar-refractivity contribution in [2.24, 2.45) is 0 Å². The van der Waals surface area contributed by atoms with Crippen LogP contribution in [0.25, 0.3) is 0 Å². The lowest BCUT2D eigenvalue weighted by atomic mass is 10.2. The molecule has 1 aromatic carbocycles. The number of nitrogens with one attached hydrogen (secondary N) is 2. The minimum absolute atomic E-state index is 0.0139. The highest BCUT2D eigenvalue weighted by Crippen LogP contribution is 2.18. The van der Waals surface area contributed by atoms with Crippen LogP contribution in [0.1, 0.15) is 17.4 Å². The lowest BCUT2D eigenvalue weighted by Gasteiger charge is -2.11. The number of benzene rings is 1. The van der Waals surface area contributed by atoms with Crippen molar-refractivity contribution >= 4 is 21.4 Å².